The monoisotopic (exact) mass is 366 g/mol. The first-order chi connectivity index (χ1) is 12.0. The van der Waals surface area contributed by atoms with E-state index < -0.39 is 5.82 Å². The van der Waals surface area contributed by atoms with Gasteiger partial charge in [-0.1, -0.05) is 16.8 Å². The van der Waals surface area contributed by atoms with Gasteiger partial charge in [0, 0.05) is 23.8 Å². The van der Waals surface area contributed by atoms with Gasteiger partial charge in [-0.25, -0.2) is 9.07 Å². The summed E-state index contributed by atoms with van der Waals surface area (Å²) in [7, 11) is 3.33. The molecule has 1 N–H and O–H groups in total. The van der Waals surface area contributed by atoms with Crippen LogP contribution in [-0.2, 0) is 4.84 Å². The molecule has 0 saturated carbocycles. The standard InChI is InChI=1S/C17H20ClFN4O2/c1-12(15(11-20-2)22-24-3)7-9-25-17-6-8-23(21-17)16-5-4-13(18)10-14(16)19/h4-8,10,20H,9,11H2,1-3H3. The zero-order valence-corrected chi connectivity index (χ0v) is 15.0. The smallest absolute Gasteiger partial charge is 0.233 e. The van der Waals surface area contributed by atoms with Crippen molar-refractivity contribution in [3.05, 3.63) is 53.0 Å². The minimum atomic E-state index is -0.453. The molecule has 0 unspecified atom stereocenters. The maximum absolute atomic E-state index is 13.9. The Bertz CT molecular complexity index is 774. The second kappa shape index (κ2) is 9.19. The number of benzene rings is 1. The molecule has 0 fully saturated rings. The van der Waals surface area contributed by atoms with Crippen molar-refractivity contribution in [2.45, 2.75) is 6.92 Å². The fourth-order valence-corrected chi connectivity index (χ4v) is 2.24. The average Bonchev–Trinajstić information content (AvgIpc) is 3.03. The average molecular weight is 367 g/mol. The third kappa shape index (κ3) is 5.30. The first-order valence-corrected chi connectivity index (χ1v) is 7.98. The Hall–Kier alpha value is -2.38. The van der Waals surface area contributed by atoms with Crippen LogP contribution in [0.4, 0.5) is 4.39 Å². The molecular formula is C17H20ClFN4O2. The minimum Gasteiger partial charge on any atom is -0.472 e. The van der Waals surface area contributed by atoms with Gasteiger partial charge in [0.1, 0.15) is 25.2 Å². The Morgan fingerprint density at radius 3 is 2.92 bits per heavy atom. The van der Waals surface area contributed by atoms with Crippen LogP contribution < -0.4 is 10.1 Å². The van der Waals surface area contributed by atoms with Gasteiger partial charge in [0.2, 0.25) is 5.88 Å². The van der Waals surface area contributed by atoms with Gasteiger partial charge < -0.3 is 14.9 Å². The second-order valence-corrected chi connectivity index (χ2v) is 5.58. The summed E-state index contributed by atoms with van der Waals surface area (Å²) in [6.45, 7) is 2.80. The van der Waals surface area contributed by atoms with Gasteiger partial charge in [-0.3, -0.25) is 0 Å². The topological polar surface area (TPSA) is 60.7 Å². The predicted molar refractivity (Wildman–Crippen MR) is 96.2 cm³/mol. The van der Waals surface area contributed by atoms with Crippen LogP contribution in [0.1, 0.15) is 6.92 Å². The third-order valence-corrected chi connectivity index (χ3v) is 3.58. The number of hydrogen-bond acceptors (Lipinski definition) is 5. The lowest BCUT2D eigenvalue weighted by Gasteiger charge is -2.06. The summed E-state index contributed by atoms with van der Waals surface area (Å²) in [5.74, 6) is -0.0670. The molecule has 8 heteroatoms. The fourth-order valence-electron chi connectivity index (χ4n) is 2.08. The van der Waals surface area contributed by atoms with E-state index in [9.17, 15) is 4.39 Å². The normalized spacial score (nSPS) is 12.4. The van der Waals surface area contributed by atoms with Crippen LogP contribution in [0.15, 0.2) is 47.3 Å². The van der Waals surface area contributed by atoms with E-state index in [0.717, 1.165) is 11.3 Å². The maximum atomic E-state index is 13.9. The highest BCUT2D eigenvalue weighted by atomic mass is 35.5. The summed E-state index contributed by atoms with van der Waals surface area (Å²) in [6.07, 6.45) is 3.49. The molecule has 0 aliphatic carbocycles. The number of nitrogens with zero attached hydrogens (tertiary/aromatic N) is 3. The summed E-state index contributed by atoms with van der Waals surface area (Å²) in [5.41, 5.74) is 2.01. The summed E-state index contributed by atoms with van der Waals surface area (Å²) in [6, 6.07) is 6.06. The SMILES string of the molecule is CNCC(=NOC)C(C)=CCOc1ccn(-c2ccc(Cl)cc2F)n1. The van der Waals surface area contributed by atoms with Crippen molar-refractivity contribution in [3.63, 3.8) is 0 Å². The maximum Gasteiger partial charge on any atom is 0.233 e. The highest BCUT2D eigenvalue weighted by Crippen LogP contribution is 2.19. The summed E-state index contributed by atoms with van der Waals surface area (Å²) < 4.78 is 20.9. The number of ether oxygens (including phenoxy) is 1. The Labute approximate surface area is 150 Å². The second-order valence-electron chi connectivity index (χ2n) is 5.14. The van der Waals surface area contributed by atoms with Crippen LogP contribution in [0, 0.1) is 5.82 Å². The van der Waals surface area contributed by atoms with E-state index in [1.54, 1.807) is 24.4 Å². The molecule has 0 atom stereocenters. The van der Waals surface area contributed by atoms with E-state index in [2.05, 4.69) is 15.6 Å². The molecule has 2 rings (SSSR count). The number of rotatable bonds is 8. The van der Waals surface area contributed by atoms with E-state index in [4.69, 9.17) is 21.2 Å². The van der Waals surface area contributed by atoms with Crippen molar-refractivity contribution >= 4 is 17.3 Å². The van der Waals surface area contributed by atoms with Crippen molar-refractivity contribution < 1.29 is 14.0 Å². The van der Waals surface area contributed by atoms with Crippen LogP contribution in [-0.4, -0.2) is 42.8 Å². The predicted octanol–water partition coefficient (Wildman–Crippen LogP) is 3.21. The highest BCUT2D eigenvalue weighted by molar-refractivity contribution is 6.30. The molecule has 134 valence electrons. The van der Waals surface area contributed by atoms with E-state index in [-0.39, 0.29) is 0 Å². The number of nitrogens with one attached hydrogen (secondary N) is 1. The van der Waals surface area contributed by atoms with Crippen molar-refractivity contribution in [2.75, 3.05) is 27.3 Å². The Morgan fingerprint density at radius 1 is 1.44 bits per heavy atom. The highest BCUT2D eigenvalue weighted by Gasteiger charge is 2.08. The molecule has 0 aliphatic rings. The molecule has 25 heavy (non-hydrogen) atoms. The first kappa shape index (κ1) is 19.0. The molecule has 2 aromatic rings. The van der Waals surface area contributed by atoms with Crippen molar-refractivity contribution in [2.24, 2.45) is 5.16 Å². The molecular weight excluding hydrogens is 347 g/mol. The molecule has 0 spiro atoms. The molecule has 0 aliphatic heterocycles. The van der Waals surface area contributed by atoms with Gasteiger partial charge in [0.25, 0.3) is 0 Å². The van der Waals surface area contributed by atoms with E-state index in [1.165, 1.54) is 17.9 Å². The van der Waals surface area contributed by atoms with Crippen LogP contribution in [0.5, 0.6) is 5.88 Å². The van der Waals surface area contributed by atoms with Crippen molar-refractivity contribution in [1.82, 2.24) is 15.1 Å². The molecule has 1 aromatic heterocycles. The minimum absolute atomic E-state index is 0.300. The largest absolute Gasteiger partial charge is 0.472 e. The molecule has 0 saturated heterocycles. The lowest BCUT2D eigenvalue weighted by molar-refractivity contribution is 0.213. The number of oxime groups is 1. The molecule has 0 amide bonds. The van der Waals surface area contributed by atoms with E-state index in [1.807, 2.05) is 20.0 Å². The lowest BCUT2D eigenvalue weighted by atomic mass is 10.2. The van der Waals surface area contributed by atoms with Gasteiger partial charge in [0.05, 0.1) is 5.71 Å². The van der Waals surface area contributed by atoms with Crippen LogP contribution in [0.3, 0.4) is 0 Å². The molecule has 6 nitrogen and oxygen atoms in total. The van der Waals surface area contributed by atoms with Gasteiger partial charge in [-0.15, -0.1) is 5.10 Å². The van der Waals surface area contributed by atoms with Crippen molar-refractivity contribution in [1.29, 1.82) is 0 Å². The number of aromatic nitrogens is 2. The van der Waals surface area contributed by atoms with E-state index >= 15 is 0 Å². The quantitative estimate of drug-likeness (QED) is 0.575. The first-order valence-electron chi connectivity index (χ1n) is 7.60. The lowest BCUT2D eigenvalue weighted by Crippen LogP contribution is -2.20. The van der Waals surface area contributed by atoms with Crippen molar-refractivity contribution in [3.8, 4) is 11.6 Å². The summed E-state index contributed by atoms with van der Waals surface area (Å²) in [4.78, 5) is 4.82. The molecule has 1 heterocycles. The van der Waals surface area contributed by atoms with Gasteiger partial charge in [0.15, 0.2) is 0 Å². The van der Waals surface area contributed by atoms with Gasteiger partial charge >= 0.3 is 0 Å². The summed E-state index contributed by atoms with van der Waals surface area (Å²) in [5, 5.41) is 11.5. The number of halogens is 2. The Kier molecular flexibility index (Phi) is 6.97. The summed E-state index contributed by atoms with van der Waals surface area (Å²) >= 11 is 5.75. The zero-order valence-electron chi connectivity index (χ0n) is 14.3. The van der Waals surface area contributed by atoms with Crippen LogP contribution in [0.2, 0.25) is 5.02 Å². The van der Waals surface area contributed by atoms with Gasteiger partial charge in [-0.2, -0.15) is 0 Å². The molecule has 0 radical (unpaired) electrons. The molecule has 1 aromatic carbocycles. The van der Waals surface area contributed by atoms with E-state index in [0.29, 0.717) is 29.7 Å². The molecule has 0 bridgehead atoms. The Balaban J connectivity index is 2.02. The Morgan fingerprint density at radius 2 is 2.24 bits per heavy atom. The zero-order chi connectivity index (χ0) is 18.2. The van der Waals surface area contributed by atoms with Gasteiger partial charge in [-0.05, 0) is 43.8 Å². The van der Waals surface area contributed by atoms with Crippen LogP contribution in [0.25, 0.3) is 5.69 Å². The fraction of sp³-hybridized carbons (Fsp3) is 0.294. The number of hydrogen-bond donors (Lipinski definition) is 1. The van der Waals surface area contributed by atoms with Crippen LogP contribution >= 0.6 is 11.6 Å². The third-order valence-electron chi connectivity index (χ3n) is 3.34.